The molecule has 0 aromatic heterocycles. The minimum absolute atomic E-state index is 0. The monoisotopic (exact) mass is 432 g/mol. The number of benzene rings is 1. The second-order valence-corrected chi connectivity index (χ2v) is 7.20. The lowest BCUT2D eigenvalue weighted by Gasteiger charge is -2.32. The van der Waals surface area contributed by atoms with E-state index in [1.54, 1.807) is 0 Å². The third-order valence-electron chi connectivity index (χ3n) is 5.65. The summed E-state index contributed by atoms with van der Waals surface area (Å²) in [6.07, 6.45) is 1.82. The molecule has 0 radical (unpaired) electrons. The van der Waals surface area contributed by atoms with Crippen molar-refractivity contribution in [3.8, 4) is 0 Å². The van der Waals surface area contributed by atoms with Gasteiger partial charge >= 0.3 is 0 Å². The maximum absolute atomic E-state index is 12.6. The number of piperazine rings is 1. The van der Waals surface area contributed by atoms with E-state index in [9.17, 15) is 9.59 Å². The second-order valence-electron chi connectivity index (χ2n) is 7.20. The van der Waals surface area contributed by atoms with Gasteiger partial charge in [0.05, 0.1) is 11.8 Å². The number of anilines is 1. The first-order valence-electron chi connectivity index (χ1n) is 9.51. The van der Waals surface area contributed by atoms with Crippen LogP contribution in [0.3, 0.4) is 0 Å². The molecule has 0 atom stereocenters. The van der Waals surface area contributed by atoms with Gasteiger partial charge in [0.1, 0.15) is 0 Å². The van der Waals surface area contributed by atoms with E-state index in [0.717, 1.165) is 37.4 Å². The van der Waals surface area contributed by atoms with Crippen molar-refractivity contribution in [3.63, 3.8) is 0 Å². The molecule has 8 heteroatoms. The van der Waals surface area contributed by atoms with Crippen LogP contribution in [0, 0.1) is 5.41 Å². The Labute approximate surface area is 181 Å². The number of nitrogens with one attached hydrogen (secondary N) is 1. The number of nitrogens with zero attached hydrogens (tertiary/aromatic N) is 2. The summed E-state index contributed by atoms with van der Waals surface area (Å²) in [6, 6.07) is 7.53. The fourth-order valence-corrected chi connectivity index (χ4v) is 3.26. The van der Waals surface area contributed by atoms with Gasteiger partial charge in [-0.05, 0) is 37.6 Å². The van der Waals surface area contributed by atoms with E-state index >= 15 is 0 Å². The van der Waals surface area contributed by atoms with Crippen molar-refractivity contribution < 1.29 is 9.59 Å². The van der Waals surface area contributed by atoms with Gasteiger partial charge in [0.15, 0.2) is 0 Å². The zero-order valence-corrected chi connectivity index (χ0v) is 18.7. The molecule has 0 aliphatic carbocycles. The molecular weight excluding hydrogens is 399 g/mol. The van der Waals surface area contributed by atoms with Gasteiger partial charge in [0.2, 0.25) is 11.8 Å². The predicted octanol–water partition coefficient (Wildman–Crippen LogP) is 2.55. The number of halogens is 2. The fourth-order valence-electron chi connectivity index (χ4n) is 3.26. The number of likely N-dealkylation sites (N-methyl/N-ethyl adjacent to an activating group) is 1. The topological polar surface area (TPSA) is 78.7 Å². The molecule has 1 aromatic carbocycles. The zero-order chi connectivity index (χ0) is 19.2. The van der Waals surface area contributed by atoms with Crippen LogP contribution in [-0.4, -0.2) is 61.4 Å². The molecule has 0 unspecified atom stereocenters. The maximum atomic E-state index is 12.6. The number of hydrogen-bond donors (Lipinski definition) is 2. The lowest BCUT2D eigenvalue weighted by atomic mass is 9.81. The molecule has 3 N–H and O–H groups in total. The highest BCUT2D eigenvalue weighted by molar-refractivity contribution is 5.95. The minimum atomic E-state index is -0.518. The first kappa shape index (κ1) is 26.7. The Bertz CT molecular complexity index is 605. The van der Waals surface area contributed by atoms with E-state index in [0.29, 0.717) is 25.8 Å². The third-order valence-corrected chi connectivity index (χ3v) is 5.65. The average molecular weight is 433 g/mol. The van der Waals surface area contributed by atoms with E-state index in [4.69, 9.17) is 5.73 Å². The molecule has 1 aromatic rings. The van der Waals surface area contributed by atoms with Crippen molar-refractivity contribution in [2.45, 2.75) is 33.1 Å². The van der Waals surface area contributed by atoms with Gasteiger partial charge in [-0.15, -0.1) is 24.8 Å². The van der Waals surface area contributed by atoms with Crippen molar-refractivity contribution >= 4 is 42.3 Å². The normalized spacial score (nSPS) is 14.6. The summed E-state index contributed by atoms with van der Waals surface area (Å²) in [7, 11) is 2.07. The molecule has 2 amide bonds. The number of amides is 2. The summed E-state index contributed by atoms with van der Waals surface area (Å²) in [4.78, 5) is 29.1. The summed E-state index contributed by atoms with van der Waals surface area (Å²) in [5, 5.41) is 2.96. The summed E-state index contributed by atoms with van der Waals surface area (Å²) >= 11 is 0. The number of nitrogens with two attached hydrogens (primary N) is 1. The molecule has 0 saturated carbocycles. The van der Waals surface area contributed by atoms with Crippen LogP contribution in [0.4, 0.5) is 5.69 Å². The van der Waals surface area contributed by atoms with Crippen LogP contribution in [0.2, 0.25) is 0 Å². The molecule has 1 heterocycles. The average Bonchev–Trinajstić information content (AvgIpc) is 2.66. The molecule has 1 aliphatic heterocycles. The summed E-state index contributed by atoms with van der Waals surface area (Å²) in [5.74, 6) is 0.125. The number of hydrogen-bond acceptors (Lipinski definition) is 4. The van der Waals surface area contributed by atoms with Crippen LogP contribution in [-0.2, 0) is 16.0 Å². The Morgan fingerprint density at radius 3 is 2.04 bits per heavy atom. The second kappa shape index (κ2) is 12.3. The molecule has 1 fully saturated rings. The lowest BCUT2D eigenvalue weighted by Crippen LogP contribution is -2.47. The Kier molecular flexibility index (Phi) is 11.7. The fraction of sp³-hybridized carbons (Fsp3) is 0.600. The molecule has 0 spiro atoms. The van der Waals surface area contributed by atoms with Crippen molar-refractivity contribution in [2.24, 2.45) is 11.1 Å². The Morgan fingerprint density at radius 2 is 1.57 bits per heavy atom. The van der Waals surface area contributed by atoms with Crippen LogP contribution in [0.15, 0.2) is 24.3 Å². The van der Waals surface area contributed by atoms with Gasteiger partial charge in [-0.1, -0.05) is 26.0 Å². The summed E-state index contributed by atoms with van der Waals surface area (Å²) in [5.41, 5.74) is 7.02. The van der Waals surface area contributed by atoms with E-state index in [1.807, 2.05) is 43.0 Å². The zero-order valence-electron chi connectivity index (χ0n) is 17.1. The standard InChI is InChI=1S/C20H32N4O2.2ClH/c1-4-20(5-2,15-21)19(26)22-17-8-6-16(7-9-17)14-18(25)24-12-10-23(3)11-13-24;;/h6-9H,4-5,10-15,21H2,1-3H3,(H,22,26);2*1H. The van der Waals surface area contributed by atoms with Crippen molar-refractivity contribution in [1.82, 2.24) is 9.80 Å². The number of rotatable bonds is 7. The van der Waals surface area contributed by atoms with Crippen molar-refractivity contribution in [1.29, 1.82) is 0 Å². The van der Waals surface area contributed by atoms with Crippen molar-refractivity contribution in [3.05, 3.63) is 29.8 Å². The first-order chi connectivity index (χ1) is 12.4. The first-order valence-corrected chi connectivity index (χ1v) is 9.51. The van der Waals surface area contributed by atoms with Gasteiger partial charge in [-0.25, -0.2) is 0 Å². The van der Waals surface area contributed by atoms with Crippen LogP contribution in [0.5, 0.6) is 0 Å². The molecule has 6 nitrogen and oxygen atoms in total. The van der Waals surface area contributed by atoms with Crippen molar-refractivity contribution in [2.75, 3.05) is 45.1 Å². The molecule has 2 rings (SSSR count). The van der Waals surface area contributed by atoms with Crippen LogP contribution >= 0.6 is 24.8 Å². The summed E-state index contributed by atoms with van der Waals surface area (Å²) < 4.78 is 0. The Hall–Kier alpha value is -1.34. The van der Waals surface area contributed by atoms with Crippen LogP contribution < -0.4 is 11.1 Å². The SMILES string of the molecule is CCC(CC)(CN)C(=O)Nc1ccc(CC(=O)N2CCN(C)CC2)cc1.Cl.Cl. The van der Waals surface area contributed by atoms with Gasteiger partial charge in [0.25, 0.3) is 0 Å². The quantitative estimate of drug-likeness (QED) is 0.693. The molecule has 0 bridgehead atoms. The highest BCUT2D eigenvalue weighted by Gasteiger charge is 2.33. The number of carbonyl (C=O) groups is 2. The Morgan fingerprint density at radius 1 is 1.04 bits per heavy atom. The highest BCUT2D eigenvalue weighted by atomic mass is 35.5. The molecule has 28 heavy (non-hydrogen) atoms. The predicted molar refractivity (Wildman–Crippen MR) is 119 cm³/mol. The molecule has 1 saturated heterocycles. The smallest absolute Gasteiger partial charge is 0.231 e. The van der Waals surface area contributed by atoms with Gasteiger partial charge < -0.3 is 20.9 Å². The highest BCUT2D eigenvalue weighted by Crippen LogP contribution is 2.27. The van der Waals surface area contributed by atoms with E-state index in [1.165, 1.54) is 0 Å². The van der Waals surface area contributed by atoms with E-state index in [2.05, 4.69) is 17.3 Å². The van der Waals surface area contributed by atoms with E-state index < -0.39 is 5.41 Å². The van der Waals surface area contributed by atoms with Gasteiger partial charge in [-0.3, -0.25) is 9.59 Å². The van der Waals surface area contributed by atoms with Crippen LogP contribution in [0.1, 0.15) is 32.3 Å². The van der Waals surface area contributed by atoms with Crippen LogP contribution in [0.25, 0.3) is 0 Å². The van der Waals surface area contributed by atoms with E-state index in [-0.39, 0.29) is 36.6 Å². The molecular formula is C20H34Cl2N4O2. The number of carbonyl (C=O) groups excluding carboxylic acids is 2. The lowest BCUT2D eigenvalue weighted by molar-refractivity contribution is -0.132. The van der Waals surface area contributed by atoms with Gasteiger partial charge in [-0.2, -0.15) is 0 Å². The minimum Gasteiger partial charge on any atom is -0.340 e. The maximum Gasteiger partial charge on any atom is 0.231 e. The molecule has 1 aliphatic rings. The summed E-state index contributed by atoms with van der Waals surface area (Å²) in [6.45, 7) is 7.75. The largest absolute Gasteiger partial charge is 0.340 e. The Balaban J connectivity index is 0.00000364. The molecule has 160 valence electrons. The third kappa shape index (κ3) is 6.62. The van der Waals surface area contributed by atoms with Gasteiger partial charge in [0, 0.05) is 38.4 Å².